The van der Waals surface area contributed by atoms with Crippen LogP contribution in [0.2, 0.25) is 18.1 Å². The highest BCUT2D eigenvalue weighted by molar-refractivity contribution is 14.1. The number of aliphatic hydroxyl groups excluding tert-OH is 1. The second-order valence-corrected chi connectivity index (χ2v) is 12.0. The van der Waals surface area contributed by atoms with Gasteiger partial charge in [-0.2, -0.15) is 0 Å². The molecule has 2 nitrogen and oxygen atoms in total. The molecule has 96 valence electrons. The first-order valence-corrected chi connectivity index (χ1v) is 9.71. The molecule has 0 aliphatic rings. The number of aliphatic hydroxyl groups is 1. The second kappa shape index (κ2) is 6.52. The smallest absolute Gasteiger partial charge is 0.192 e. The maximum atomic E-state index is 9.05. The summed E-state index contributed by atoms with van der Waals surface area (Å²) in [4.78, 5) is 0. The van der Waals surface area contributed by atoms with Gasteiger partial charge in [0.05, 0.1) is 6.10 Å². The third-order valence-corrected chi connectivity index (χ3v) is 8.14. The zero-order valence-electron chi connectivity index (χ0n) is 11.1. The maximum Gasteiger partial charge on any atom is 0.192 e. The summed E-state index contributed by atoms with van der Waals surface area (Å²) in [6.07, 6.45) is 1.66. The highest BCUT2D eigenvalue weighted by Crippen LogP contribution is 2.38. The Hall–Kier alpha value is 0.607. The van der Waals surface area contributed by atoms with Crippen LogP contribution in [-0.4, -0.2) is 26.1 Å². The molecule has 0 rings (SSSR count). The molecule has 4 heteroatoms. The molecule has 1 atom stereocenters. The van der Waals surface area contributed by atoms with Crippen molar-refractivity contribution in [3.63, 3.8) is 0 Å². The first kappa shape index (κ1) is 16.6. The molecule has 0 saturated carbocycles. The van der Waals surface area contributed by atoms with Crippen molar-refractivity contribution in [1.29, 1.82) is 0 Å². The van der Waals surface area contributed by atoms with Gasteiger partial charge in [-0.1, -0.05) is 27.4 Å². The van der Waals surface area contributed by atoms with E-state index >= 15 is 0 Å². The van der Waals surface area contributed by atoms with Crippen LogP contribution in [0.25, 0.3) is 0 Å². The van der Waals surface area contributed by atoms with Crippen LogP contribution in [0.4, 0.5) is 0 Å². The van der Waals surface area contributed by atoms with E-state index in [2.05, 4.69) is 63.0 Å². The van der Waals surface area contributed by atoms with Crippen molar-refractivity contribution in [2.75, 3.05) is 6.61 Å². The lowest BCUT2D eigenvalue weighted by Gasteiger charge is -2.39. The molecule has 0 aromatic heterocycles. The highest BCUT2D eigenvalue weighted by atomic mass is 127. The van der Waals surface area contributed by atoms with Crippen molar-refractivity contribution in [1.82, 2.24) is 0 Å². The fourth-order valence-electron chi connectivity index (χ4n) is 1.19. The number of hydrogen-bond donors (Lipinski definition) is 1. The summed E-state index contributed by atoms with van der Waals surface area (Å²) in [5, 5.41) is 9.27. The van der Waals surface area contributed by atoms with Crippen LogP contribution < -0.4 is 0 Å². The Balaban J connectivity index is 4.55. The molecular formula is C12H25IO2Si. The van der Waals surface area contributed by atoms with Gasteiger partial charge in [-0.15, -0.1) is 0 Å². The first-order valence-electron chi connectivity index (χ1n) is 5.72. The molecule has 0 aromatic rings. The van der Waals surface area contributed by atoms with E-state index in [9.17, 15) is 0 Å². The molecule has 0 aliphatic heterocycles. The van der Waals surface area contributed by atoms with Crippen LogP contribution in [-0.2, 0) is 4.43 Å². The molecule has 0 aliphatic carbocycles. The third kappa shape index (κ3) is 5.79. The van der Waals surface area contributed by atoms with Gasteiger partial charge in [0.1, 0.15) is 0 Å². The van der Waals surface area contributed by atoms with Gasteiger partial charge >= 0.3 is 0 Å². The van der Waals surface area contributed by atoms with Gasteiger partial charge in [-0.05, 0) is 50.7 Å². The average molecular weight is 356 g/mol. The van der Waals surface area contributed by atoms with Gasteiger partial charge < -0.3 is 9.53 Å². The molecule has 0 amide bonds. The quantitative estimate of drug-likeness (QED) is 0.574. The molecule has 1 N–H and O–H groups in total. The van der Waals surface area contributed by atoms with Crippen LogP contribution in [0.1, 0.15) is 33.6 Å². The summed E-state index contributed by atoms with van der Waals surface area (Å²) < 4.78 is 7.36. The minimum atomic E-state index is -1.73. The number of rotatable bonds is 6. The van der Waals surface area contributed by atoms with E-state index in [1.54, 1.807) is 0 Å². The van der Waals surface area contributed by atoms with Crippen LogP contribution in [0, 0.1) is 0 Å². The van der Waals surface area contributed by atoms with Crippen LogP contribution >= 0.6 is 22.6 Å². The van der Waals surface area contributed by atoms with E-state index in [0.29, 0.717) is 6.42 Å². The van der Waals surface area contributed by atoms with E-state index in [0.717, 1.165) is 10.0 Å². The van der Waals surface area contributed by atoms with Gasteiger partial charge in [0, 0.05) is 13.0 Å². The molecule has 0 radical (unpaired) electrons. The first-order chi connectivity index (χ1) is 7.10. The Labute approximate surface area is 115 Å². The van der Waals surface area contributed by atoms with Gasteiger partial charge in [0.2, 0.25) is 0 Å². The van der Waals surface area contributed by atoms with Crippen molar-refractivity contribution in [3.05, 3.63) is 10.2 Å². The minimum absolute atomic E-state index is 0.121. The summed E-state index contributed by atoms with van der Waals surface area (Å²) >= 11 is 2.23. The predicted octanol–water partition coefficient (Wildman–Crippen LogP) is 4.10. The lowest BCUT2D eigenvalue weighted by molar-refractivity contribution is 0.141. The Bertz CT molecular complexity index is 234. The van der Waals surface area contributed by atoms with E-state index in [1.165, 1.54) is 0 Å². The Morgan fingerprint density at radius 1 is 1.44 bits per heavy atom. The van der Waals surface area contributed by atoms with E-state index in [-0.39, 0.29) is 17.7 Å². The van der Waals surface area contributed by atoms with E-state index in [4.69, 9.17) is 9.53 Å². The van der Waals surface area contributed by atoms with Crippen molar-refractivity contribution in [2.45, 2.75) is 57.8 Å². The summed E-state index contributed by atoms with van der Waals surface area (Å²) in [7, 11) is -1.73. The SMILES string of the molecule is C=C(I)C[C@H](CCO)O[Si](C)(C)C(C)(C)C. The van der Waals surface area contributed by atoms with E-state index in [1.807, 2.05) is 0 Å². The van der Waals surface area contributed by atoms with Crippen molar-refractivity contribution in [3.8, 4) is 0 Å². The molecule has 0 saturated heterocycles. The lowest BCUT2D eigenvalue weighted by Crippen LogP contribution is -2.44. The molecule has 0 aromatic carbocycles. The Morgan fingerprint density at radius 2 is 1.94 bits per heavy atom. The van der Waals surface area contributed by atoms with Gasteiger partial charge in [-0.25, -0.2) is 0 Å². The predicted molar refractivity (Wildman–Crippen MR) is 81.5 cm³/mol. The Kier molecular flexibility index (Phi) is 6.76. The standard InChI is InChI=1S/C12H25IO2Si/c1-10(13)9-11(7-8-14)15-16(5,6)12(2,3)4/h11,14H,1,7-9H2,2-6H3/t11-/m0/s1. The zero-order valence-corrected chi connectivity index (χ0v) is 14.3. The van der Waals surface area contributed by atoms with Crippen LogP contribution in [0.3, 0.4) is 0 Å². The maximum absolute atomic E-state index is 9.05. The van der Waals surface area contributed by atoms with Crippen LogP contribution in [0.5, 0.6) is 0 Å². The van der Waals surface area contributed by atoms with Crippen molar-refractivity contribution in [2.24, 2.45) is 0 Å². The molecule has 16 heavy (non-hydrogen) atoms. The summed E-state index contributed by atoms with van der Waals surface area (Å²) in [5.41, 5.74) is 0. The molecular weight excluding hydrogens is 331 g/mol. The monoisotopic (exact) mass is 356 g/mol. The molecule has 0 heterocycles. The van der Waals surface area contributed by atoms with Crippen molar-refractivity contribution < 1.29 is 9.53 Å². The fourth-order valence-corrected chi connectivity index (χ4v) is 3.07. The summed E-state index contributed by atoms with van der Waals surface area (Å²) in [6, 6.07) is 0. The molecule has 0 fully saturated rings. The zero-order chi connectivity index (χ0) is 13.0. The Morgan fingerprint density at radius 3 is 2.25 bits per heavy atom. The normalized spacial score (nSPS) is 14.9. The van der Waals surface area contributed by atoms with Gasteiger partial charge in [0.15, 0.2) is 8.32 Å². The fraction of sp³-hybridized carbons (Fsp3) is 0.833. The third-order valence-electron chi connectivity index (χ3n) is 3.17. The van der Waals surface area contributed by atoms with Crippen LogP contribution in [0.15, 0.2) is 10.2 Å². The molecule has 0 unspecified atom stereocenters. The largest absolute Gasteiger partial charge is 0.414 e. The van der Waals surface area contributed by atoms with Crippen molar-refractivity contribution >= 4 is 30.9 Å². The minimum Gasteiger partial charge on any atom is -0.414 e. The summed E-state index contributed by atoms with van der Waals surface area (Å²) in [6.45, 7) is 15.3. The summed E-state index contributed by atoms with van der Waals surface area (Å²) in [5.74, 6) is 0. The second-order valence-electron chi connectivity index (χ2n) is 5.73. The molecule has 0 spiro atoms. The topological polar surface area (TPSA) is 29.5 Å². The number of hydrogen-bond acceptors (Lipinski definition) is 2. The van der Waals surface area contributed by atoms with E-state index < -0.39 is 8.32 Å². The van der Waals surface area contributed by atoms with Gasteiger partial charge in [0.25, 0.3) is 0 Å². The highest BCUT2D eigenvalue weighted by Gasteiger charge is 2.38. The lowest BCUT2D eigenvalue weighted by atomic mass is 10.2. The average Bonchev–Trinajstić information content (AvgIpc) is 1.99. The van der Waals surface area contributed by atoms with Gasteiger partial charge in [-0.3, -0.25) is 0 Å². The number of halogens is 1. The molecule has 0 bridgehead atoms.